The van der Waals surface area contributed by atoms with Crippen LogP contribution in [-0.2, 0) is 71.4 Å². The van der Waals surface area contributed by atoms with Crippen LogP contribution in [0, 0.1) is 0 Å². The maximum absolute atomic E-state index is 12.3. The standard InChI is InChI=1S/C30H38O17/c1-13(31)39-11-21-25(41-15(3)33)27(23(38)24(45-21)19-8-7-9-20(37)10-19)47-30-29(44-18(6)36)28(43-17(5)35)26(42-16(4)34)22(46-30)12-40-14(2)32/h7-10,21-30,37-38H,11-12H2,1-6H3/t21-,22-,23-,24-,25-,26-,27-,28-,29-,30-/m1/s1. The van der Waals surface area contributed by atoms with E-state index < -0.39 is 110 Å². The molecule has 47 heavy (non-hydrogen) atoms. The van der Waals surface area contributed by atoms with Gasteiger partial charge in [-0.05, 0) is 17.7 Å². The first kappa shape index (κ1) is 37.1. The number of esters is 6. The van der Waals surface area contributed by atoms with E-state index in [-0.39, 0.29) is 11.3 Å². The van der Waals surface area contributed by atoms with Crippen molar-refractivity contribution in [3.05, 3.63) is 29.8 Å². The summed E-state index contributed by atoms with van der Waals surface area (Å²) in [6.45, 7) is 5.42. The molecule has 0 radical (unpaired) electrons. The number of hydrogen-bond acceptors (Lipinski definition) is 17. The molecule has 0 unspecified atom stereocenters. The number of aliphatic hydroxyl groups is 1. The maximum Gasteiger partial charge on any atom is 0.303 e. The number of rotatable bonds is 11. The summed E-state index contributed by atoms with van der Waals surface area (Å²) in [4.78, 5) is 72.2. The minimum atomic E-state index is -1.77. The van der Waals surface area contributed by atoms with Gasteiger partial charge in [-0.1, -0.05) is 12.1 Å². The molecule has 2 saturated heterocycles. The van der Waals surface area contributed by atoms with E-state index in [2.05, 4.69) is 0 Å². The number of aliphatic hydroxyl groups excluding tert-OH is 1. The van der Waals surface area contributed by atoms with Crippen LogP contribution >= 0.6 is 0 Å². The highest BCUT2D eigenvalue weighted by molar-refractivity contribution is 5.69. The van der Waals surface area contributed by atoms with Gasteiger partial charge in [0.2, 0.25) is 0 Å². The second-order valence-electron chi connectivity index (χ2n) is 10.7. The fourth-order valence-electron chi connectivity index (χ4n) is 5.18. The molecule has 0 bridgehead atoms. The molecular formula is C30H38O17. The smallest absolute Gasteiger partial charge is 0.303 e. The average molecular weight is 671 g/mol. The summed E-state index contributed by atoms with van der Waals surface area (Å²) < 4.78 is 50.2. The van der Waals surface area contributed by atoms with Crippen molar-refractivity contribution in [3.8, 4) is 5.75 Å². The molecule has 10 atom stereocenters. The molecule has 0 amide bonds. The lowest BCUT2D eigenvalue weighted by molar-refractivity contribution is -0.345. The van der Waals surface area contributed by atoms with Crippen LogP contribution in [0.2, 0.25) is 0 Å². The molecule has 2 N–H and O–H groups in total. The van der Waals surface area contributed by atoms with Crippen LogP contribution in [0.4, 0.5) is 0 Å². The molecule has 0 saturated carbocycles. The Morgan fingerprint density at radius 3 is 1.60 bits per heavy atom. The van der Waals surface area contributed by atoms with Crippen molar-refractivity contribution in [2.45, 2.75) is 103 Å². The molecule has 2 fully saturated rings. The summed E-state index contributed by atoms with van der Waals surface area (Å²) in [6.07, 6.45) is -15.3. The molecule has 17 nitrogen and oxygen atoms in total. The summed E-state index contributed by atoms with van der Waals surface area (Å²) in [7, 11) is 0. The zero-order valence-electron chi connectivity index (χ0n) is 26.5. The Hall–Kier alpha value is -4.32. The number of phenols is 1. The first-order valence-corrected chi connectivity index (χ1v) is 14.5. The minimum absolute atomic E-state index is 0.172. The molecule has 1 aromatic carbocycles. The van der Waals surface area contributed by atoms with Crippen molar-refractivity contribution in [2.24, 2.45) is 0 Å². The molecular weight excluding hydrogens is 632 g/mol. The van der Waals surface area contributed by atoms with Gasteiger partial charge in [-0.2, -0.15) is 0 Å². The molecule has 0 spiro atoms. The number of carbonyl (C=O) groups excluding carboxylic acids is 6. The Bertz CT molecular complexity index is 1310. The quantitative estimate of drug-likeness (QED) is 0.236. The number of aromatic hydroxyl groups is 1. The number of ether oxygens (including phenoxy) is 9. The molecule has 2 heterocycles. The second kappa shape index (κ2) is 16.5. The van der Waals surface area contributed by atoms with Gasteiger partial charge in [-0.15, -0.1) is 0 Å². The third-order valence-corrected chi connectivity index (χ3v) is 6.85. The third-order valence-electron chi connectivity index (χ3n) is 6.85. The van der Waals surface area contributed by atoms with E-state index in [0.717, 1.165) is 41.5 Å². The molecule has 1 aromatic rings. The minimum Gasteiger partial charge on any atom is -0.508 e. The van der Waals surface area contributed by atoms with Crippen LogP contribution in [0.5, 0.6) is 5.75 Å². The third kappa shape index (κ3) is 10.3. The normalized spacial score (nSPS) is 30.3. The number of hydrogen-bond donors (Lipinski definition) is 2. The summed E-state index contributed by atoms with van der Waals surface area (Å²) >= 11 is 0. The van der Waals surface area contributed by atoms with Crippen molar-refractivity contribution in [1.29, 1.82) is 0 Å². The van der Waals surface area contributed by atoms with Gasteiger partial charge in [0.1, 0.15) is 49.5 Å². The fourth-order valence-corrected chi connectivity index (χ4v) is 5.18. The number of benzene rings is 1. The lowest BCUT2D eigenvalue weighted by atomic mass is 9.90. The summed E-state index contributed by atoms with van der Waals surface area (Å²) in [5, 5.41) is 21.8. The molecule has 260 valence electrons. The first-order chi connectivity index (χ1) is 22.1. The highest BCUT2D eigenvalue weighted by atomic mass is 16.7. The van der Waals surface area contributed by atoms with Crippen molar-refractivity contribution < 1.29 is 81.6 Å². The van der Waals surface area contributed by atoms with Crippen LogP contribution in [0.3, 0.4) is 0 Å². The summed E-state index contributed by atoms with van der Waals surface area (Å²) in [5.41, 5.74) is 0.252. The van der Waals surface area contributed by atoms with Gasteiger partial charge in [0.15, 0.2) is 30.7 Å². The van der Waals surface area contributed by atoms with Crippen molar-refractivity contribution in [3.63, 3.8) is 0 Å². The maximum atomic E-state index is 12.3. The van der Waals surface area contributed by atoms with E-state index in [4.69, 9.17) is 42.6 Å². The number of phenolic OH excluding ortho intramolecular Hbond substituents is 1. The van der Waals surface area contributed by atoms with Crippen LogP contribution in [0.25, 0.3) is 0 Å². The highest BCUT2D eigenvalue weighted by Crippen LogP contribution is 2.39. The predicted molar refractivity (Wildman–Crippen MR) is 151 cm³/mol. The van der Waals surface area contributed by atoms with Gasteiger partial charge in [-0.3, -0.25) is 28.8 Å². The summed E-state index contributed by atoms with van der Waals surface area (Å²) in [5.74, 6) is -5.09. The molecule has 17 heteroatoms. The second-order valence-corrected chi connectivity index (χ2v) is 10.7. The number of carbonyl (C=O) groups is 6. The molecule has 3 rings (SSSR count). The van der Waals surface area contributed by atoms with E-state index in [0.29, 0.717) is 0 Å². The summed E-state index contributed by atoms with van der Waals surface area (Å²) in [6, 6.07) is 5.68. The largest absolute Gasteiger partial charge is 0.508 e. The van der Waals surface area contributed by atoms with Gasteiger partial charge in [0.25, 0.3) is 0 Å². The highest BCUT2D eigenvalue weighted by Gasteiger charge is 2.56. The molecule has 0 aliphatic carbocycles. The van der Waals surface area contributed by atoms with Crippen LogP contribution in [0.15, 0.2) is 24.3 Å². The van der Waals surface area contributed by atoms with Crippen LogP contribution < -0.4 is 0 Å². The predicted octanol–water partition coefficient (Wildman–Crippen LogP) is 0.156. The Kier molecular flexibility index (Phi) is 13.0. The van der Waals surface area contributed by atoms with E-state index in [1.54, 1.807) is 0 Å². The molecule has 0 aromatic heterocycles. The average Bonchev–Trinajstić information content (AvgIpc) is 2.95. The van der Waals surface area contributed by atoms with Gasteiger partial charge in [0, 0.05) is 41.5 Å². The Balaban J connectivity index is 2.14. The topological polar surface area (TPSA) is 226 Å². The van der Waals surface area contributed by atoms with E-state index in [1.165, 1.54) is 24.3 Å². The Morgan fingerprint density at radius 2 is 1.11 bits per heavy atom. The van der Waals surface area contributed by atoms with Crippen LogP contribution in [0.1, 0.15) is 53.2 Å². The molecule has 2 aliphatic heterocycles. The van der Waals surface area contributed by atoms with E-state index in [1.807, 2.05) is 0 Å². The lowest BCUT2D eigenvalue weighted by Gasteiger charge is -2.48. The van der Waals surface area contributed by atoms with Crippen molar-refractivity contribution in [2.75, 3.05) is 13.2 Å². The van der Waals surface area contributed by atoms with Gasteiger partial charge >= 0.3 is 35.8 Å². The zero-order chi connectivity index (χ0) is 35.0. The van der Waals surface area contributed by atoms with Crippen molar-refractivity contribution >= 4 is 35.8 Å². The van der Waals surface area contributed by atoms with Gasteiger partial charge in [0.05, 0.1) is 0 Å². The van der Waals surface area contributed by atoms with Gasteiger partial charge in [-0.25, -0.2) is 0 Å². The fraction of sp³-hybridized carbons (Fsp3) is 0.600. The monoisotopic (exact) mass is 670 g/mol. The molecule has 2 aliphatic rings. The van der Waals surface area contributed by atoms with Crippen LogP contribution in [-0.4, -0.2) is 114 Å². The first-order valence-electron chi connectivity index (χ1n) is 14.5. The SMILES string of the molecule is CC(=O)OC[C@H]1O[C@H](O[C@@H]2[C@H](O)[C@@H](c3cccc(O)c3)O[C@H](COC(C)=O)[C@H]2OC(C)=O)[C@H](OC(C)=O)[C@H](OC(C)=O)[C@@H]1OC(C)=O. The van der Waals surface area contributed by atoms with Crippen molar-refractivity contribution in [1.82, 2.24) is 0 Å². The van der Waals surface area contributed by atoms with E-state index >= 15 is 0 Å². The lowest BCUT2D eigenvalue weighted by Crippen LogP contribution is -2.66. The van der Waals surface area contributed by atoms with Gasteiger partial charge < -0.3 is 52.8 Å². The Morgan fingerprint density at radius 1 is 0.638 bits per heavy atom. The van der Waals surface area contributed by atoms with E-state index in [9.17, 15) is 39.0 Å². The zero-order valence-corrected chi connectivity index (χ0v) is 26.5. The Labute approximate surface area is 269 Å².